The summed E-state index contributed by atoms with van der Waals surface area (Å²) < 4.78 is 41.6. The minimum Gasteiger partial charge on any atom is -0.322 e. The molecule has 1 aromatic heterocycles. The minimum atomic E-state index is -3.94. The van der Waals surface area contributed by atoms with Crippen LogP contribution in [-0.4, -0.2) is 19.3 Å². The lowest BCUT2D eigenvalue weighted by molar-refractivity contribution is 0.102. The van der Waals surface area contributed by atoms with E-state index in [1.54, 1.807) is 43.3 Å². The molecule has 0 bridgehead atoms. The van der Waals surface area contributed by atoms with E-state index in [2.05, 4.69) is 15.0 Å². The predicted molar refractivity (Wildman–Crippen MR) is 123 cm³/mol. The third-order valence-electron chi connectivity index (χ3n) is 4.66. The van der Waals surface area contributed by atoms with Crippen LogP contribution in [0.15, 0.2) is 77.7 Å². The van der Waals surface area contributed by atoms with Gasteiger partial charge in [0.1, 0.15) is 5.82 Å². The first kappa shape index (κ1) is 21.7. The van der Waals surface area contributed by atoms with Crippen molar-refractivity contribution in [1.82, 2.24) is 4.98 Å². The van der Waals surface area contributed by atoms with Crippen LogP contribution < -0.4 is 10.0 Å². The van der Waals surface area contributed by atoms with Gasteiger partial charge in [-0.15, -0.1) is 0 Å². The molecular formula is C23H17ClFN3O3S. The number of carbonyl (C=O) groups is 1. The second kappa shape index (κ2) is 8.57. The summed E-state index contributed by atoms with van der Waals surface area (Å²) in [6.07, 6.45) is 0. The predicted octanol–water partition coefficient (Wildman–Crippen LogP) is 5.39. The number of amides is 1. The van der Waals surface area contributed by atoms with Crippen molar-refractivity contribution in [3.05, 3.63) is 94.9 Å². The van der Waals surface area contributed by atoms with Crippen molar-refractivity contribution in [1.29, 1.82) is 0 Å². The molecule has 4 rings (SSSR count). The first-order valence-electron chi connectivity index (χ1n) is 9.48. The van der Waals surface area contributed by atoms with Crippen molar-refractivity contribution in [2.24, 2.45) is 0 Å². The summed E-state index contributed by atoms with van der Waals surface area (Å²) in [4.78, 5) is 17.2. The second-order valence-corrected chi connectivity index (χ2v) is 9.13. The number of pyridine rings is 1. The number of sulfonamides is 1. The molecule has 0 atom stereocenters. The Labute approximate surface area is 189 Å². The average Bonchev–Trinajstić information content (AvgIpc) is 2.74. The lowest BCUT2D eigenvalue weighted by Gasteiger charge is -2.12. The number of hydrogen-bond donors (Lipinski definition) is 2. The van der Waals surface area contributed by atoms with Crippen molar-refractivity contribution in [2.45, 2.75) is 11.8 Å². The summed E-state index contributed by atoms with van der Waals surface area (Å²) in [6.45, 7) is 1.70. The van der Waals surface area contributed by atoms with Crippen LogP contribution in [0.4, 0.5) is 15.8 Å². The van der Waals surface area contributed by atoms with E-state index in [9.17, 15) is 17.6 Å². The fourth-order valence-electron chi connectivity index (χ4n) is 3.21. The third kappa shape index (κ3) is 4.56. The largest absolute Gasteiger partial charge is 0.322 e. The average molecular weight is 470 g/mol. The van der Waals surface area contributed by atoms with Gasteiger partial charge in [0, 0.05) is 22.8 Å². The van der Waals surface area contributed by atoms with Crippen LogP contribution in [0.5, 0.6) is 0 Å². The number of fused-ring (bicyclic) bond motifs is 1. The third-order valence-corrected chi connectivity index (χ3v) is 6.36. The van der Waals surface area contributed by atoms with Crippen molar-refractivity contribution in [2.75, 3.05) is 10.0 Å². The number of nitrogens with zero attached hydrogens (tertiary/aromatic N) is 1. The number of hydrogen-bond acceptors (Lipinski definition) is 4. The Morgan fingerprint density at radius 3 is 2.56 bits per heavy atom. The number of nitrogens with one attached hydrogen (secondary N) is 2. The van der Waals surface area contributed by atoms with Gasteiger partial charge in [-0.2, -0.15) is 0 Å². The molecule has 9 heteroatoms. The Morgan fingerprint density at radius 1 is 1.00 bits per heavy atom. The molecule has 0 aliphatic heterocycles. The minimum absolute atomic E-state index is 0.0481. The van der Waals surface area contributed by atoms with Gasteiger partial charge in [-0.1, -0.05) is 29.8 Å². The SMILES string of the molecule is Cc1cc(C(=O)Nc2cccc(S(=O)(=O)Nc3ccccc3Cl)c2)c2ccc(F)cc2n1. The van der Waals surface area contributed by atoms with Crippen LogP contribution >= 0.6 is 11.6 Å². The monoisotopic (exact) mass is 469 g/mol. The van der Waals surface area contributed by atoms with Gasteiger partial charge in [0.2, 0.25) is 0 Å². The Kier molecular flexibility index (Phi) is 5.82. The Morgan fingerprint density at radius 2 is 1.78 bits per heavy atom. The van der Waals surface area contributed by atoms with Crippen LogP contribution in [0, 0.1) is 12.7 Å². The van der Waals surface area contributed by atoms with Gasteiger partial charge in [-0.25, -0.2) is 12.8 Å². The van der Waals surface area contributed by atoms with E-state index < -0.39 is 21.7 Å². The smallest absolute Gasteiger partial charge is 0.262 e. The number of halogens is 2. The molecule has 0 aliphatic rings. The molecule has 0 spiro atoms. The topological polar surface area (TPSA) is 88.2 Å². The molecule has 0 radical (unpaired) electrons. The normalized spacial score (nSPS) is 11.3. The number of rotatable bonds is 5. The van der Waals surface area contributed by atoms with Crippen molar-refractivity contribution < 1.29 is 17.6 Å². The Hall–Kier alpha value is -3.49. The molecule has 1 amide bonds. The van der Waals surface area contributed by atoms with Gasteiger partial charge >= 0.3 is 0 Å². The van der Waals surface area contributed by atoms with Crippen molar-refractivity contribution in [3.63, 3.8) is 0 Å². The molecule has 1 heterocycles. The molecule has 3 aromatic carbocycles. The van der Waals surface area contributed by atoms with Crippen LogP contribution in [0.1, 0.15) is 16.1 Å². The first-order valence-corrected chi connectivity index (χ1v) is 11.3. The quantitative estimate of drug-likeness (QED) is 0.410. The van der Waals surface area contributed by atoms with Gasteiger partial charge in [-0.3, -0.25) is 14.5 Å². The first-order chi connectivity index (χ1) is 15.2. The number of carbonyl (C=O) groups excluding carboxylic acids is 1. The highest BCUT2D eigenvalue weighted by Gasteiger charge is 2.18. The van der Waals surface area contributed by atoms with Crippen LogP contribution in [0.25, 0.3) is 10.9 Å². The maximum atomic E-state index is 13.6. The standard InChI is InChI=1S/C23H17ClFN3O3S/c1-14-11-19(18-10-9-15(25)12-22(18)26-14)23(29)27-16-5-4-6-17(13-16)32(30,31)28-21-8-3-2-7-20(21)24/h2-13,28H,1H3,(H,27,29). The number of benzene rings is 3. The molecule has 4 aromatic rings. The highest BCUT2D eigenvalue weighted by atomic mass is 35.5. The maximum Gasteiger partial charge on any atom is 0.262 e. The van der Waals surface area contributed by atoms with E-state index in [1.165, 1.54) is 36.4 Å². The lowest BCUT2D eigenvalue weighted by Crippen LogP contribution is -2.16. The van der Waals surface area contributed by atoms with Gasteiger partial charge in [0.05, 0.1) is 26.7 Å². The van der Waals surface area contributed by atoms with E-state index in [4.69, 9.17) is 11.6 Å². The number of para-hydroxylation sites is 1. The molecule has 0 unspecified atom stereocenters. The summed E-state index contributed by atoms with van der Waals surface area (Å²) in [5.74, 6) is -0.924. The fraction of sp³-hybridized carbons (Fsp3) is 0.0435. The van der Waals surface area contributed by atoms with Gasteiger partial charge in [0.25, 0.3) is 15.9 Å². The van der Waals surface area contributed by atoms with Crippen LogP contribution in [-0.2, 0) is 10.0 Å². The summed E-state index contributed by atoms with van der Waals surface area (Å²) in [5, 5.41) is 3.45. The van der Waals surface area contributed by atoms with Gasteiger partial charge in [-0.05, 0) is 55.5 Å². The summed E-state index contributed by atoms with van der Waals surface area (Å²) in [6, 6.07) is 17.9. The lowest BCUT2D eigenvalue weighted by atomic mass is 10.1. The van der Waals surface area contributed by atoms with E-state index in [0.717, 1.165) is 0 Å². The molecule has 0 fully saturated rings. The highest BCUT2D eigenvalue weighted by Crippen LogP contribution is 2.26. The highest BCUT2D eigenvalue weighted by molar-refractivity contribution is 7.92. The van der Waals surface area contributed by atoms with E-state index >= 15 is 0 Å². The number of aryl methyl sites for hydroxylation is 1. The molecule has 0 saturated heterocycles. The van der Waals surface area contributed by atoms with Crippen molar-refractivity contribution in [3.8, 4) is 0 Å². The molecule has 0 aliphatic carbocycles. The zero-order chi connectivity index (χ0) is 22.9. The van der Waals surface area contributed by atoms with Crippen LogP contribution in [0.3, 0.4) is 0 Å². The Balaban J connectivity index is 1.63. The molecule has 0 saturated carbocycles. The zero-order valence-electron chi connectivity index (χ0n) is 16.8. The molecule has 6 nitrogen and oxygen atoms in total. The summed E-state index contributed by atoms with van der Waals surface area (Å²) >= 11 is 6.04. The fourth-order valence-corrected chi connectivity index (χ4v) is 4.57. The second-order valence-electron chi connectivity index (χ2n) is 7.04. The molecule has 162 valence electrons. The summed E-state index contributed by atoms with van der Waals surface area (Å²) in [7, 11) is -3.94. The van der Waals surface area contributed by atoms with Gasteiger partial charge < -0.3 is 5.32 Å². The number of anilines is 2. The molecular weight excluding hydrogens is 453 g/mol. The molecule has 2 N–H and O–H groups in total. The molecule has 32 heavy (non-hydrogen) atoms. The number of aromatic nitrogens is 1. The van der Waals surface area contributed by atoms with E-state index in [-0.39, 0.29) is 21.3 Å². The van der Waals surface area contributed by atoms with Crippen LogP contribution in [0.2, 0.25) is 5.02 Å². The zero-order valence-corrected chi connectivity index (χ0v) is 18.3. The van der Waals surface area contributed by atoms with E-state index in [1.807, 2.05) is 0 Å². The summed E-state index contributed by atoms with van der Waals surface area (Å²) in [5.41, 5.74) is 1.73. The van der Waals surface area contributed by atoms with Gasteiger partial charge in [0.15, 0.2) is 0 Å². The van der Waals surface area contributed by atoms with Crippen molar-refractivity contribution >= 4 is 49.8 Å². The Bertz CT molecular complexity index is 1450. The van der Waals surface area contributed by atoms with E-state index in [0.29, 0.717) is 22.2 Å². The maximum absolute atomic E-state index is 13.6.